The Labute approximate surface area is 144 Å². The van der Waals surface area contributed by atoms with E-state index >= 15 is 0 Å². The molecule has 2 atom stereocenters. The van der Waals surface area contributed by atoms with Crippen LogP contribution in [0, 0.1) is 0 Å². The van der Waals surface area contributed by atoms with E-state index in [2.05, 4.69) is 60.7 Å². The van der Waals surface area contributed by atoms with Crippen molar-refractivity contribution < 1.29 is 4.74 Å². The number of benzene rings is 1. The van der Waals surface area contributed by atoms with Crippen LogP contribution in [0.1, 0.15) is 27.7 Å². The highest BCUT2D eigenvalue weighted by atomic mass is 79.9. The molecule has 1 aromatic heterocycles. The predicted octanol–water partition coefficient (Wildman–Crippen LogP) is 5.69. The number of aromatic nitrogens is 1. The van der Waals surface area contributed by atoms with Crippen molar-refractivity contribution in [1.82, 2.24) is 4.98 Å². The summed E-state index contributed by atoms with van der Waals surface area (Å²) in [6.07, 6.45) is 1.83. The number of hydrogen-bond donors (Lipinski definition) is 0. The number of pyridine rings is 1. The topological polar surface area (TPSA) is 22.1 Å². The zero-order valence-corrected chi connectivity index (χ0v) is 16.4. The highest BCUT2D eigenvalue weighted by Crippen LogP contribution is 2.32. The lowest BCUT2D eigenvalue weighted by Gasteiger charge is -2.30. The van der Waals surface area contributed by atoms with Gasteiger partial charge >= 0.3 is 0 Å². The van der Waals surface area contributed by atoms with E-state index in [-0.39, 0.29) is 0 Å². The molecule has 4 heteroatoms. The van der Waals surface area contributed by atoms with Crippen molar-refractivity contribution in [2.24, 2.45) is 0 Å². The van der Waals surface area contributed by atoms with Crippen LogP contribution in [0.25, 0.3) is 10.8 Å². The molecule has 0 saturated carbocycles. The van der Waals surface area contributed by atoms with E-state index in [9.17, 15) is 0 Å². The van der Waals surface area contributed by atoms with Crippen LogP contribution in [-0.4, -0.2) is 25.7 Å². The van der Waals surface area contributed by atoms with E-state index in [0.29, 0.717) is 5.54 Å². The molecule has 0 bridgehead atoms. The molecule has 2 rings (SSSR count). The standard InChI is InChI=1S/C18H25BrNOSi/c1-13(2)22(14(3)11-19)15(4)12-21-18-17-8-6-5-7-16(17)9-10-20-18/h5-10,13-15H,11-12H2,1-4H3. The second kappa shape index (κ2) is 8.11. The molecule has 0 aliphatic heterocycles. The number of rotatable bonds is 7. The third-order valence-corrected chi connectivity index (χ3v) is 9.69. The molecule has 2 aromatic rings. The van der Waals surface area contributed by atoms with Gasteiger partial charge in [-0.15, -0.1) is 0 Å². The van der Waals surface area contributed by atoms with Crippen molar-refractivity contribution in [3.8, 4) is 5.88 Å². The number of fused-ring (bicyclic) bond motifs is 1. The number of ether oxygens (including phenoxy) is 1. The van der Waals surface area contributed by atoms with Crippen molar-refractivity contribution in [1.29, 1.82) is 0 Å². The molecule has 0 amide bonds. The van der Waals surface area contributed by atoms with Gasteiger partial charge in [0.2, 0.25) is 5.88 Å². The molecule has 2 nitrogen and oxygen atoms in total. The zero-order chi connectivity index (χ0) is 16.1. The second-order valence-electron chi connectivity index (χ2n) is 6.26. The molecule has 1 aromatic carbocycles. The molecule has 1 radical (unpaired) electrons. The van der Waals surface area contributed by atoms with Crippen molar-refractivity contribution in [3.63, 3.8) is 0 Å². The van der Waals surface area contributed by atoms with Crippen molar-refractivity contribution >= 4 is 35.5 Å². The minimum absolute atomic E-state index is 0.490. The average Bonchev–Trinajstić information content (AvgIpc) is 2.52. The average molecular weight is 379 g/mol. The molecule has 22 heavy (non-hydrogen) atoms. The molecule has 0 aliphatic carbocycles. The Kier molecular flexibility index (Phi) is 6.45. The first kappa shape index (κ1) is 17.5. The van der Waals surface area contributed by atoms with Crippen LogP contribution in [0.4, 0.5) is 0 Å². The first-order valence-corrected chi connectivity index (χ1v) is 10.8. The lowest BCUT2D eigenvalue weighted by atomic mass is 10.2. The van der Waals surface area contributed by atoms with E-state index in [4.69, 9.17) is 4.74 Å². The van der Waals surface area contributed by atoms with Crippen molar-refractivity contribution in [3.05, 3.63) is 36.5 Å². The summed E-state index contributed by atoms with van der Waals surface area (Å²) in [4.78, 5) is 4.43. The van der Waals surface area contributed by atoms with Gasteiger partial charge in [-0.1, -0.05) is 67.4 Å². The number of alkyl halides is 1. The quantitative estimate of drug-likeness (QED) is 0.455. The molecule has 0 aliphatic rings. The number of hydrogen-bond acceptors (Lipinski definition) is 2. The Morgan fingerprint density at radius 3 is 2.50 bits per heavy atom. The van der Waals surface area contributed by atoms with Crippen molar-refractivity contribution in [2.75, 3.05) is 11.9 Å². The highest BCUT2D eigenvalue weighted by molar-refractivity contribution is 9.09. The fraction of sp³-hybridized carbons (Fsp3) is 0.500. The SMILES string of the molecule is CC(C)[Si](C(C)CBr)C(C)COc1nccc2ccccc12. The summed E-state index contributed by atoms with van der Waals surface area (Å²) < 4.78 is 6.11. The molecule has 0 N–H and O–H groups in total. The van der Waals surface area contributed by atoms with Crippen LogP contribution >= 0.6 is 15.9 Å². The largest absolute Gasteiger partial charge is 0.477 e. The maximum Gasteiger partial charge on any atom is 0.221 e. The summed E-state index contributed by atoms with van der Waals surface area (Å²) in [5, 5.41) is 3.36. The fourth-order valence-corrected chi connectivity index (χ4v) is 8.04. The van der Waals surface area contributed by atoms with Crippen molar-refractivity contribution in [2.45, 2.75) is 44.3 Å². The van der Waals surface area contributed by atoms with E-state index < -0.39 is 8.80 Å². The smallest absolute Gasteiger partial charge is 0.221 e. The van der Waals surface area contributed by atoms with Gasteiger partial charge in [-0.2, -0.15) is 0 Å². The Balaban J connectivity index is 2.10. The van der Waals surface area contributed by atoms with Gasteiger partial charge in [0.15, 0.2) is 0 Å². The summed E-state index contributed by atoms with van der Waals surface area (Å²) in [5.74, 6) is 0.765. The highest BCUT2D eigenvalue weighted by Gasteiger charge is 2.28. The molecule has 0 fully saturated rings. The van der Waals surface area contributed by atoms with Gasteiger partial charge < -0.3 is 4.74 Å². The van der Waals surface area contributed by atoms with Gasteiger partial charge in [-0.25, -0.2) is 4.98 Å². The molecular weight excluding hydrogens is 354 g/mol. The van der Waals surface area contributed by atoms with Gasteiger partial charge in [-0.3, -0.25) is 0 Å². The summed E-state index contributed by atoms with van der Waals surface area (Å²) in [5.41, 5.74) is 2.08. The molecule has 2 unspecified atom stereocenters. The lowest BCUT2D eigenvalue weighted by Crippen LogP contribution is -2.31. The lowest BCUT2D eigenvalue weighted by molar-refractivity contribution is 0.306. The van der Waals surface area contributed by atoms with Gasteiger partial charge in [0, 0.05) is 16.9 Å². The summed E-state index contributed by atoms with van der Waals surface area (Å²) in [6, 6.07) is 10.3. The number of nitrogens with zero attached hydrogens (tertiary/aromatic N) is 1. The number of halogens is 1. The van der Waals surface area contributed by atoms with Crippen LogP contribution < -0.4 is 4.74 Å². The normalized spacial score (nSPS) is 14.5. The molecule has 119 valence electrons. The Morgan fingerprint density at radius 2 is 1.82 bits per heavy atom. The van der Waals surface area contributed by atoms with Crippen LogP contribution in [0.3, 0.4) is 0 Å². The second-order valence-corrected chi connectivity index (χ2v) is 11.0. The summed E-state index contributed by atoms with van der Waals surface area (Å²) in [6.45, 7) is 10.1. The van der Waals surface area contributed by atoms with Crippen LogP contribution in [0.2, 0.25) is 16.6 Å². The van der Waals surface area contributed by atoms with Crippen LogP contribution in [0.5, 0.6) is 5.88 Å². The van der Waals surface area contributed by atoms with E-state index in [1.807, 2.05) is 24.4 Å². The summed E-state index contributed by atoms with van der Waals surface area (Å²) >= 11 is 3.65. The third kappa shape index (κ3) is 4.11. The minimum Gasteiger partial charge on any atom is -0.477 e. The Hall–Kier alpha value is -0.873. The van der Waals surface area contributed by atoms with E-state index in [1.165, 1.54) is 5.39 Å². The van der Waals surface area contributed by atoms with E-state index in [0.717, 1.165) is 34.3 Å². The molecule has 0 saturated heterocycles. The van der Waals surface area contributed by atoms with Gasteiger partial charge in [-0.05, 0) is 28.6 Å². The molecule has 0 spiro atoms. The third-order valence-electron chi connectivity index (χ3n) is 4.14. The Morgan fingerprint density at radius 1 is 1.09 bits per heavy atom. The first-order chi connectivity index (χ1) is 10.5. The first-order valence-electron chi connectivity index (χ1n) is 7.93. The predicted molar refractivity (Wildman–Crippen MR) is 101 cm³/mol. The summed E-state index contributed by atoms with van der Waals surface area (Å²) in [7, 11) is -0.490. The van der Waals surface area contributed by atoms with E-state index in [1.54, 1.807) is 0 Å². The zero-order valence-electron chi connectivity index (χ0n) is 13.8. The van der Waals surface area contributed by atoms with Gasteiger partial charge in [0.1, 0.15) is 0 Å². The van der Waals surface area contributed by atoms with Crippen LogP contribution in [0.15, 0.2) is 36.5 Å². The van der Waals surface area contributed by atoms with Gasteiger partial charge in [0.05, 0.1) is 15.4 Å². The minimum atomic E-state index is -0.490. The monoisotopic (exact) mass is 378 g/mol. The molecular formula is C18H25BrNOSi. The van der Waals surface area contributed by atoms with Crippen LogP contribution in [-0.2, 0) is 0 Å². The van der Waals surface area contributed by atoms with Gasteiger partial charge in [0.25, 0.3) is 0 Å². The Bertz CT molecular complexity index is 599. The molecule has 1 heterocycles. The fourth-order valence-electron chi connectivity index (χ4n) is 3.22. The maximum absolute atomic E-state index is 6.11. The maximum atomic E-state index is 6.11.